The number of amides is 2. The average molecular weight is 452 g/mol. The van der Waals surface area contributed by atoms with Gasteiger partial charge in [-0.2, -0.15) is 0 Å². The van der Waals surface area contributed by atoms with Gasteiger partial charge in [-0.15, -0.1) is 22.7 Å². The summed E-state index contributed by atoms with van der Waals surface area (Å²) in [5.74, 6) is -0.493. The summed E-state index contributed by atoms with van der Waals surface area (Å²) in [6.07, 6.45) is 0. The van der Waals surface area contributed by atoms with Gasteiger partial charge in [0.05, 0.1) is 20.3 Å². The first-order chi connectivity index (χ1) is 13.2. The first-order valence-corrected chi connectivity index (χ1v) is 10.8. The number of fused-ring (bicyclic) bond motifs is 1. The zero-order valence-corrected chi connectivity index (χ0v) is 18.6. The third-order valence-electron chi connectivity index (χ3n) is 3.57. The summed E-state index contributed by atoms with van der Waals surface area (Å²) >= 11 is 14.3. The van der Waals surface area contributed by atoms with Crippen molar-refractivity contribution in [3.8, 4) is 0 Å². The van der Waals surface area contributed by atoms with E-state index in [0.717, 1.165) is 10.1 Å². The van der Waals surface area contributed by atoms with E-state index < -0.39 is 0 Å². The van der Waals surface area contributed by atoms with Crippen molar-refractivity contribution in [2.24, 2.45) is 0 Å². The Kier molecular flexibility index (Phi) is 6.04. The quantitative estimate of drug-likeness (QED) is 0.474. The molecule has 0 fully saturated rings. The lowest BCUT2D eigenvalue weighted by atomic mass is 10.1. The van der Waals surface area contributed by atoms with Crippen molar-refractivity contribution in [2.45, 2.75) is 26.3 Å². The first-order valence-electron chi connectivity index (χ1n) is 8.35. The number of thiophene rings is 2. The molecular weight excluding hydrogens is 434 g/mol. The van der Waals surface area contributed by atoms with E-state index in [9.17, 15) is 9.59 Å². The zero-order chi connectivity index (χ0) is 20.5. The highest BCUT2D eigenvalue weighted by molar-refractivity contribution is 7.80. The number of anilines is 1. The minimum Gasteiger partial charge on any atom is -0.347 e. The summed E-state index contributed by atoms with van der Waals surface area (Å²) in [6.45, 7) is 5.73. The number of carbonyl (C=O) groups excluding carboxylic acids is 2. The molecule has 146 valence electrons. The van der Waals surface area contributed by atoms with Gasteiger partial charge in [-0.3, -0.25) is 14.9 Å². The molecule has 0 aliphatic rings. The monoisotopic (exact) mass is 451 g/mol. The van der Waals surface area contributed by atoms with Crippen LogP contribution in [-0.4, -0.2) is 22.5 Å². The molecule has 0 aliphatic carbocycles. The second-order valence-corrected chi connectivity index (χ2v) is 9.77. The van der Waals surface area contributed by atoms with Gasteiger partial charge in [-0.25, -0.2) is 0 Å². The molecular formula is C19H18ClN3O2S3. The van der Waals surface area contributed by atoms with E-state index in [1.807, 2.05) is 44.4 Å². The van der Waals surface area contributed by atoms with Gasteiger partial charge in [-0.1, -0.05) is 29.8 Å². The van der Waals surface area contributed by atoms with E-state index in [2.05, 4.69) is 16.0 Å². The van der Waals surface area contributed by atoms with Crippen LogP contribution in [0.5, 0.6) is 0 Å². The van der Waals surface area contributed by atoms with Gasteiger partial charge in [0.1, 0.15) is 4.88 Å². The molecule has 3 N–H and O–H groups in total. The van der Waals surface area contributed by atoms with Crippen LogP contribution in [0.4, 0.5) is 5.69 Å². The van der Waals surface area contributed by atoms with Gasteiger partial charge in [0, 0.05) is 10.9 Å². The molecule has 0 unspecified atom stereocenters. The predicted molar refractivity (Wildman–Crippen MR) is 122 cm³/mol. The molecule has 2 aromatic heterocycles. The summed E-state index contributed by atoms with van der Waals surface area (Å²) in [5.41, 5.74) is 0.307. The number of thiocarbonyl (C=S) groups is 1. The van der Waals surface area contributed by atoms with Crippen LogP contribution in [0.3, 0.4) is 0 Å². The van der Waals surface area contributed by atoms with Gasteiger partial charge in [0.2, 0.25) is 0 Å². The van der Waals surface area contributed by atoms with E-state index in [1.165, 1.54) is 22.7 Å². The van der Waals surface area contributed by atoms with Crippen molar-refractivity contribution >= 4 is 79.2 Å². The number of benzene rings is 1. The standard InChI is InChI=1S/C19H18ClN3O2S3/c1-19(2,3)23-17(25)15-13(20)10-6-4-7-11(14(10)28-15)21-18(26)22-16(24)12-8-5-9-27-12/h4-9H,1-3H3,(H,23,25)(H2,21,22,24,26). The largest absolute Gasteiger partial charge is 0.347 e. The molecule has 9 heteroatoms. The lowest BCUT2D eigenvalue weighted by Crippen LogP contribution is -2.40. The molecule has 28 heavy (non-hydrogen) atoms. The molecule has 3 aromatic rings. The SMILES string of the molecule is CC(C)(C)NC(=O)c1sc2c(NC(=S)NC(=O)c3cccs3)cccc2c1Cl. The van der Waals surface area contributed by atoms with Gasteiger partial charge in [0.15, 0.2) is 5.11 Å². The summed E-state index contributed by atoms with van der Waals surface area (Å²) in [4.78, 5) is 25.7. The van der Waals surface area contributed by atoms with Crippen molar-refractivity contribution in [3.63, 3.8) is 0 Å². The summed E-state index contributed by atoms with van der Waals surface area (Å²) in [7, 11) is 0. The van der Waals surface area contributed by atoms with Crippen molar-refractivity contribution in [3.05, 3.63) is 50.5 Å². The molecule has 0 spiro atoms. The summed E-state index contributed by atoms with van der Waals surface area (Å²) < 4.78 is 0.791. The Morgan fingerprint density at radius 3 is 2.50 bits per heavy atom. The van der Waals surface area contributed by atoms with E-state index in [0.29, 0.717) is 20.5 Å². The maximum atomic E-state index is 12.6. The fourth-order valence-electron chi connectivity index (χ4n) is 2.46. The highest BCUT2D eigenvalue weighted by Gasteiger charge is 2.22. The van der Waals surface area contributed by atoms with Crippen LogP contribution in [-0.2, 0) is 0 Å². The molecule has 0 bridgehead atoms. The maximum absolute atomic E-state index is 12.6. The molecule has 1 aromatic carbocycles. The fourth-order valence-corrected chi connectivity index (χ4v) is 4.75. The van der Waals surface area contributed by atoms with E-state index in [-0.39, 0.29) is 22.5 Å². The highest BCUT2D eigenvalue weighted by Crippen LogP contribution is 2.39. The molecule has 2 amide bonds. The van der Waals surface area contributed by atoms with E-state index in [4.69, 9.17) is 23.8 Å². The van der Waals surface area contributed by atoms with Gasteiger partial charge in [-0.05, 0) is 50.5 Å². The molecule has 2 heterocycles. The number of hydrogen-bond acceptors (Lipinski definition) is 5. The van der Waals surface area contributed by atoms with E-state index >= 15 is 0 Å². The second-order valence-electron chi connectivity index (χ2n) is 7.02. The third kappa shape index (κ3) is 4.70. The molecule has 0 radical (unpaired) electrons. The number of rotatable bonds is 3. The minimum absolute atomic E-state index is 0.177. The Bertz CT molecular complexity index is 1050. The Hall–Kier alpha value is -2.00. The second kappa shape index (κ2) is 8.16. The van der Waals surface area contributed by atoms with Crippen LogP contribution in [0, 0.1) is 0 Å². The van der Waals surface area contributed by atoms with Crippen LogP contribution in [0.25, 0.3) is 10.1 Å². The molecule has 0 saturated carbocycles. The van der Waals surface area contributed by atoms with Gasteiger partial charge in [0.25, 0.3) is 11.8 Å². The van der Waals surface area contributed by atoms with Crippen molar-refractivity contribution in [1.82, 2.24) is 10.6 Å². The molecule has 0 aliphatic heterocycles. The number of halogens is 1. The Morgan fingerprint density at radius 2 is 1.86 bits per heavy atom. The Morgan fingerprint density at radius 1 is 1.11 bits per heavy atom. The normalized spacial score (nSPS) is 11.3. The molecule has 0 atom stereocenters. The maximum Gasteiger partial charge on any atom is 0.267 e. The summed E-state index contributed by atoms with van der Waals surface area (Å²) in [6, 6.07) is 9.01. The summed E-state index contributed by atoms with van der Waals surface area (Å²) in [5, 5.41) is 11.8. The van der Waals surface area contributed by atoms with Gasteiger partial charge < -0.3 is 10.6 Å². The van der Waals surface area contributed by atoms with Crippen LogP contribution < -0.4 is 16.0 Å². The minimum atomic E-state index is -0.370. The van der Waals surface area contributed by atoms with Crippen LogP contribution >= 0.6 is 46.5 Å². The third-order valence-corrected chi connectivity index (χ3v) is 6.38. The highest BCUT2D eigenvalue weighted by atomic mass is 35.5. The Balaban J connectivity index is 1.84. The molecule has 3 rings (SSSR count). The lowest BCUT2D eigenvalue weighted by Gasteiger charge is -2.19. The fraction of sp³-hybridized carbons (Fsp3) is 0.211. The van der Waals surface area contributed by atoms with Gasteiger partial charge >= 0.3 is 0 Å². The van der Waals surface area contributed by atoms with Crippen molar-refractivity contribution < 1.29 is 9.59 Å². The zero-order valence-electron chi connectivity index (χ0n) is 15.4. The van der Waals surface area contributed by atoms with Crippen LogP contribution in [0.2, 0.25) is 5.02 Å². The Labute approximate surface area is 181 Å². The number of carbonyl (C=O) groups is 2. The molecule has 5 nitrogen and oxygen atoms in total. The average Bonchev–Trinajstić information content (AvgIpc) is 3.22. The van der Waals surface area contributed by atoms with Crippen molar-refractivity contribution in [2.75, 3.05) is 5.32 Å². The van der Waals surface area contributed by atoms with Crippen molar-refractivity contribution in [1.29, 1.82) is 0 Å². The van der Waals surface area contributed by atoms with E-state index in [1.54, 1.807) is 12.1 Å². The smallest absolute Gasteiger partial charge is 0.267 e. The lowest BCUT2D eigenvalue weighted by molar-refractivity contribution is 0.0922. The number of nitrogens with one attached hydrogen (secondary N) is 3. The first kappa shape index (κ1) is 20.7. The number of hydrogen-bond donors (Lipinski definition) is 3. The predicted octanol–water partition coefficient (Wildman–Crippen LogP) is 5.27. The van der Waals surface area contributed by atoms with Crippen LogP contribution in [0.15, 0.2) is 35.7 Å². The molecule has 0 saturated heterocycles. The van der Waals surface area contributed by atoms with Crippen LogP contribution in [0.1, 0.15) is 40.1 Å². The topological polar surface area (TPSA) is 70.2 Å².